The highest BCUT2D eigenvalue weighted by molar-refractivity contribution is 5.84. The molecule has 0 fully saturated rings. The predicted octanol–water partition coefficient (Wildman–Crippen LogP) is 2.53. The Morgan fingerprint density at radius 3 is 3.17 bits per heavy atom. The van der Waals surface area contributed by atoms with Crippen LogP contribution in [0.5, 0.6) is 0 Å². The van der Waals surface area contributed by atoms with E-state index in [9.17, 15) is 0 Å². The van der Waals surface area contributed by atoms with Crippen molar-refractivity contribution < 1.29 is 4.74 Å². The first-order valence-electron chi connectivity index (χ1n) is 6.13. The number of benzene rings is 1. The number of fused-ring (bicyclic) bond motifs is 1. The summed E-state index contributed by atoms with van der Waals surface area (Å²) in [5, 5.41) is 5.81. The van der Waals surface area contributed by atoms with E-state index in [1.54, 1.807) is 6.08 Å². The number of hydrogen-bond acceptors (Lipinski definition) is 3. The molecule has 18 heavy (non-hydrogen) atoms. The summed E-state index contributed by atoms with van der Waals surface area (Å²) in [4.78, 5) is 4.13. The highest BCUT2D eigenvalue weighted by atomic mass is 16.5. The Hall–Kier alpha value is -1.71. The summed E-state index contributed by atoms with van der Waals surface area (Å²) in [6, 6.07) is 8.34. The predicted molar refractivity (Wildman–Crippen MR) is 74.5 cm³/mol. The topological polar surface area (TPSA) is 34.1 Å². The Kier molecular flexibility index (Phi) is 4.88. The zero-order valence-electron chi connectivity index (χ0n) is 10.4. The number of aromatic nitrogens is 1. The van der Waals surface area contributed by atoms with Crippen molar-refractivity contribution in [1.82, 2.24) is 10.3 Å². The second kappa shape index (κ2) is 6.89. The lowest BCUT2D eigenvalue weighted by Crippen LogP contribution is -2.19. The van der Waals surface area contributed by atoms with Crippen molar-refractivity contribution in [2.75, 3.05) is 19.8 Å². The number of pyridine rings is 1. The van der Waals surface area contributed by atoms with Gasteiger partial charge in [-0.3, -0.25) is 4.98 Å². The van der Waals surface area contributed by atoms with Gasteiger partial charge >= 0.3 is 0 Å². The molecule has 0 amide bonds. The van der Waals surface area contributed by atoms with E-state index in [-0.39, 0.29) is 0 Å². The highest BCUT2D eigenvalue weighted by Crippen LogP contribution is 2.16. The summed E-state index contributed by atoms with van der Waals surface area (Å²) in [7, 11) is 0. The maximum atomic E-state index is 5.32. The summed E-state index contributed by atoms with van der Waals surface area (Å²) in [5.41, 5.74) is 1.29. The zero-order valence-corrected chi connectivity index (χ0v) is 10.4. The lowest BCUT2D eigenvalue weighted by atomic mass is 10.1. The monoisotopic (exact) mass is 242 g/mol. The molecule has 0 atom stereocenters. The van der Waals surface area contributed by atoms with Gasteiger partial charge in [0.15, 0.2) is 0 Å². The van der Waals surface area contributed by atoms with E-state index in [1.807, 2.05) is 12.4 Å². The van der Waals surface area contributed by atoms with Crippen LogP contribution in [0, 0.1) is 0 Å². The summed E-state index contributed by atoms with van der Waals surface area (Å²) in [5.74, 6) is 0. The lowest BCUT2D eigenvalue weighted by Gasteiger charge is -2.08. The molecule has 2 rings (SSSR count). The largest absolute Gasteiger partial charge is 0.376 e. The summed E-state index contributed by atoms with van der Waals surface area (Å²) in [6.07, 6.45) is 5.49. The minimum Gasteiger partial charge on any atom is -0.376 e. The van der Waals surface area contributed by atoms with Crippen LogP contribution in [0.1, 0.15) is 5.56 Å². The van der Waals surface area contributed by atoms with Crippen molar-refractivity contribution in [2.45, 2.75) is 6.54 Å². The Morgan fingerprint density at radius 1 is 1.33 bits per heavy atom. The van der Waals surface area contributed by atoms with Gasteiger partial charge in [0.05, 0.1) is 13.2 Å². The maximum Gasteiger partial charge on any atom is 0.0645 e. The molecule has 0 aliphatic heterocycles. The molecule has 0 aliphatic carbocycles. The maximum absolute atomic E-state index is 5.32. The van der Waals surface area contributed by atoms with Gasteiger partial charge in [-0.25, -0.2) is 0 Å². The normalized spacial score (nSPS) is 10.7. The van der Waals surface area contributed by atoms with Gasteiger partial charge < -0.3 is 10.1 Å². The molecule has 0 unspecified atom stereocenters. The molecule has 0 saturated carbocycles. The van der Waals surface area contributed by atoms with Crippen LogP contribution >= 0.6 is 0 Å². The van der Waals surface area contributed by atoms with Crippen molar-refractivity contribution >= 4 is 10.8 Å². The third kappa shape index (κ3) is 3.39. The second-order valence-corrected chi connectivity index (χ2v) is 4.05. The Balaban J connectivity index is 1.89. The fraction of sp³-hybridized carbons (Fsp3) is 0.267. The number of hydrogen-bond donors (Lipinski definition) is 1. The molecule has 0 aliphatic rings. The van der Waals surface area contributed by atoms with E-state index in [1.165, 1.54) is 16.3 Å². The van der Waals surface area contributed by atoms with E-state index in [2.05, 4.69) is 41.1 Å². The van der Waals surface area contributed by atoms with Crippen LogP contribution in [0.25, 0.3) is 10.8 Å². The van der Waals surface area contributed by atoms with Crippen LogP contribution in [0.4, 0.5) is 0 Å². The fourth-order valence-electron chi connectivity index (χ4n) is 1.88. The zero-order chi connectivity index (χ0) is 12.6. The summed E-state index contributed by atoms with van der Waals surface area (Å²) in [6.45, 7) is 6.62. The lowest BCUT2D eigenvalue weighted by molar-refractivity contribution is 0.164. The third-order valence-electron chi connectivity index (χ3n) is 2.75. The molecule has 2 aromatic rings. The van der Waals surface area contributed by atoms with Crippen LogP contribution in [-0.4, -0.2) is 24.7 Å². The van der Waals surface area contributed by atoms with Crippen LogP contribution in [0.15, 0.2) is 49.3 Å². The first kappa shape index (κ1) is 12.7. The smallest absolute Gasteiger partial charge is 0.0645 e. The Morgan fingerprint density at radius 2 is 2.28 bits per heavy atom. The molecule has 1 N–H and O–H groups in total. The molecule has 0 saturated heterocycles. The first-order chi connectivity index (χ1) is 8.92. The SMILES string of the molecule is C=CCOCCNCc1cccc2cnccc12. The summed E-state index contributed by atoms with van der Waals surface area (Å²) < 4.78 is 5.32. The molecule has 1 aromatic carbocycles. The third-order valence-corrected chi connectivity index (χ3v) is 2.75. The van der Waals surface area contributed by atoms with E-state index in [0.717, 1.165) is 13.1 Å². The van der Waals surface area contributed by atoms with Gasteiger partial charge in [-0.05, 0) is 17.0 Å². The molecule has 94 valence electrons. The fourth-order valence-corrected chi connectivity index (χ4v) is 1.88. The number of nitrogens with one attached hydrogen (secondary N) is 1. The number of ether oxygens (including phenoxy) is 1. The van der Waals surface area contributed by atoms with Gasteiger partial charge in [0, 0.05) is 30.9 Å². The van der Waals surface area contributed by atoms with Gasteiger partial charge in [-0.15, -0.1) is 6.58 Å². The van der Waals surface area contributed by atoms with E-state index >= 15 is 0 Å². The van der Waals surface area contributed by atoms with Gasteiger partial charge in [-0.1, -0.05) is 24.3 Å². The number of nitrogens with zero attached hydrogens (tertiary/aromatic N) is 1. The van der Waals surface area contributed by atoms with Crippen molar-refractivity contribution in [1.29, 1.82) is 0 Å². The van der Waals surface area contributed by atoms with Crippen molar-refractivity contribution in [2.24, 2.45) is 0 Å². The summed E-state index contributed by atoms with van der Waals surface area (Å²) >= 11 is 0. The standard InChI is InChI=1S/C15H18N2O/c1-2-9-18-10-8-17-12-14-5-3-4-13-11-16-7-6-15(13)14/h2-7,11,17H,1,8-10,12H2. The molecular weight excluding hydrogens is 224 g/mol. The average Bonchev–Trinajstić information content (AvgIpc) is 2.43. The minimum atomic E-state index is 0.613. The van der Waals surface area contributed by atoms with Crippen molar-refractivity contribution in [3.05, 3.63) is 54.9 Å². The molecule has 1 heterocycles. The van der Waals surface area contributed by atoms with Crippen LogP contribution in [0.3, 0.4) is 0 Å². The average molecular weight is 242 g/mol. The molecule has 0 spiro atoms. The first-order valence-corrected chi connectivity index (χ1v) is 6.13. The molecule has 3 nitrogen and oxygen atoms in total. The number of rotatable bonds is 7. The van der Waals surface area contributed by atoms with E-state index in [4.69, 9.17) is 4.74 Å². The molecule has 0 bridgehead atoms. The van der Waals surface area contributed by atoms with Crippen LogP contribution in [0.2, 0.25) is 0 Å². The minimum absolute atomic E-state index is 0.613. The van der Waals surface area contributed by atoms with Gasteiger partial charge in [0.25, 0.3) is 0 Å². The second-order valence-electron chi connectivity index (χ2n) is 4.05. The Bertz CT molecular complexity index is 505. The van der Waals surface area contributed by atoms with Crippen molar-refractivity contribution in [3.8, 4) is 0 Å². The van der Waals surface area contributed by atoms with E-state index < -0.39 is 0 Å². The molecular formula is C15H18N2O. The van der Waals surface area contributed by atoms with Crippen molar-refractivity contribution in [3.63, 3.8) is 0 Å². The van der Waals surface area contributed by atoms with Crippen LogP contribution in [-0.2, 0) is 11.3 Å². The van der Waals surface area contributed by atoms with Gasteiger partial charge in [0.1, 0.15) is 0 Å². The van der Waals surface area contributed by atoms with Crippen LogP contribution < -0.4 is 5.32 Å². The Labute approximate surface area is 107 Å². The molecule has 1 aromatic heterocycles. The van der Waals surface area contributed by atoms with Gasteiger partial charge in [-0.2, -0.15) is 0 Å². The van der Waals surface area contributed by atoms with Gasteiger partial charge in [0.2, 0.25) is 0 Å². The quantitative estimate of drug-likeness (QED) is 0.598. The van der Waals surface area contributed by atoms with E-state index in [0.29, 0.717) is 13.2 Å². The highest BCUT2D eigenvalue weighted by Gasteiger charge is 1.99. The molecule has 0 radical (unpaired) electrons. The molecule has 3 heteroatoms.